The van der Waals surface area contributed by atoms with E-state index in [1.165, 1.54) is 4.90 Å². The molecule has 0 spiro atoms. The molecule has 0 rings (SSSR count). The van der Waals surface area contributed by atoms with E-state index in [4.69, 9.17) is 10.2 Å². The summed E-state index contributed by atoms with van der Waals surface area (Å²) in [5.74, 6) is -0.0576. The second kappa shape index (κ2) is 8.72. The van der Waals surface area contributed by atoms with Crippen molar-refractivity contribution in [1.82, 2.24) is 4.90 Å². The predicted molar refractivity (Wildman–Crippen MR) is 54.8 cm³/mol. The summed E-state index contributed by atoms with van der Waals surface area (Å²) in [6, 6.07) is 0. The van der Waals surface area contributed by atoms with Gasteiger partial charge in [0.15, 0.2) is 0 Å². The van der Waals surface area contributed by atoms with Gasteiger partial charge in [-0.2, -0.15) is 0 Å². The number of carbonyl (C=O) groups excluding carboxylic acids is 1. The van der Waals surface area contributed by atoms with Crippen LogP contribution in [-0.4, -0.2) is 47.3 Å². The van der Waals surface area contributed by atoms with E-state index in [0.29, 0.717) is 19.5 Å². The van der Waals surface area contributed by atoms with Crippen molar-refractivity contribution in [1.29, 1.82) is 0 Å². The smallest absolute Gasteiger partial charge is 0.226 e. The molecular weight excluding hydrogens is 182 g/mol. The van der Waals surface area contributed by atoms with E-state index in [1.807, 2.05) is 19.1 Å². The van der Waals surface area contributed by atoms with Gasteiger partial charge < -0.3 is 15.1 Å². The molecule has 0 heterocycles. The van der Waals surface area contributed by atoms with Crippen molar-refractivity contribution in [2.75, 3.05) is 26.3 Å². The van der Waals surface area contributed by atoms with Crippen LogP contribution in [0.1, 0.15) is 19.8 Å². The zero-order valence-electron chi connectivity index (χ0n) is 8.65. The Morgan fingerprint density at radius 2 is 1.79 bits per heavy atom. The van der Waals surface area contributed by atoms with Gasteiger partial charge in [0, 0.05) is 19.5 Å². The molecular formula is C10H19NO3. The molecule has 1 amide bonds. The van der Waals surface area contributed by atoms with Crippen molar-refractivity contribution in [3.63, 3.8) is 0 Å². The Morgan fingerprint density at radius 1 is 1.21 bits per heavy atom. The van der Waals surface area contributed by atoms with Crippen molar-refractivity contribution < 1.29 is 15.0 Å². The molecule has 0 fully saturated rings. The summed E-state index contributed by atoms with van der Waals surface area (Å²) in [5, 5.41) is 17.4. The van der Waals surface area contributed by atoms with Crippen LogP contribution >= 0.6 is 0 Å². The second-order valence-electron chi connectivity index (χ2n) is 2.91. The maximum absolute atomic E-state index is 11.5. The summed E-state index contributed by atoms with van der Waals surface area (Å²) in [7, 11) is 0. The van der Waals surface area contributed by atoms with Crippen molar-refractivity contribution in [3.05, 3.63) is 12.2 Å². The topological polar surface area (TPSA) is 60.8 Å². The summed E-state index contributed by atoms with van der Waals surface area (Å²) in [6.07, 6.45) is 4.99. The van der Waals surface area contributed by atoms with Crippen LogP contribution in [-0.2, 0) is 4.79 Å². The number of aliphatic hydroxyl groups excluding tert-OH is 2. The molecule has 0 bridgehead atoms. The molecule has 0 aromatic rings. The van der Waals surface area contributed by atoms with Crippen LogP contribution in [0.4, 0.5) is 0 Å². The fourth-order valence-corrected chi connectivity index (χ4v) is 1.08. The van der Waals surface area contributed by atoms with Gasteiger partial charge in [0.2, 0.25) is 5.91 Å². The second-order valence-corrected chi connectivity index (χ2v) is 2.91. The normalized spacial score (nSPS) is 10.8. The van der Waals surface area contributed by atoms with Crippen molar-refractivity contribution in [2.24, 2.45) is 0 Å². The minimum atomic E-state index is -0.0662. The Labute approximate surface area is 84.8 Å². The first-order valence-electron chi connectivity index (χ1n) is 4.90. The van der Waals surface area contributed by atoms with Gasteiger partial charge in [0.1, 0.15) is 0 Å². The van der Waals surface area contributed by atoms with Gasteiger partial charge in [0.25, 0.3) is 0 Å². The number of carbonyl (C=O) groups is 1. The lowest BCUT2D eigenvalue weighted by molar-refractivity contribution is -0.131. The number of allylic oxidation sites excluding steroid dienone is 1. The zero-order valence-corrected chi connectivity index (χ0v) is 8.65. The molecule has 0 saturated heterocycles. The van der Waals surface area contributed by atoms with Crippen molar-refractivity contribution in [2.45, 2.75) is 19.8 Å². The van der Waals surface area contributed by atoms with Crippen molar-refractivity contribution >= 4 is 5.91 Å². The van der Waals surface area contributed by atoms with Gasteiger partial charge in [0.05, 0.1) is 13.2 Å². The fourth-order valence-electron chi connectivity index (χ4n) is 1.08. The molecule has 0 aliphatic rings. The molecule has 0 aliphatic heterocycles. The minimum absolute atomic E-state index is 0.0576. The lowest BCUT2D eigenvalue weighted by atomic mass is 10.3. The molecule has 14 heavy (non-hydrogen) atoms. The van der Waals surface area contributed by atoms with E-state index < -0.39 is 0 Å². The Balaban J connectivity index is 3.94. The van der Waals surface area contributed by atoms with Crippen LogP contribution in [0.5, 0.6) is 0 Å². The summed E-state index contributed by atoms with van der Waals surface area (Å²) >= 11 is 0. The highest BCUT2D eigenvalue weighted by molar-refractivity contribution is 5.77. The van der Waals surface area contributed by atoms with E-state index >= 15 is 0 Å². The number of rotatable bonds is 7. The SMILES string of the molecule is CC/C=C\CC(=O)N(CCO)CCO. The third-order valence-corrected chi connectivity index (χ3v) is 1.79. The molecule has 0 atom stereocenters. The molecule has 0 aromatic carbocycles. The average molecular weight is 201 g/mol. The highest BCUT2D eigenvalue weighted by Gasteiger charge is 2.09. The van der Waals surface area contributed by atoms with Gasteiger partial charge in [-0.1, -0.05) is 19.1 Å². The molecule has 0 radical (unpaired) electrons. The molecule has 2 N–H and O–H groups in total. The summed E-state index contributed by atoms with van der Waals surface area (Å²) in [6.45, 7) is 2.45. The van der Waals surface area contributed by atoms with E-state index in [1.54, 1.807) is 0 Å². The Hall–Kier alpha value is -0.870. The van der Waals surface area contributed by atoms with Gasteiger partial charge in [-0.05, 0) is 6.42 Å². The van der Waals surface area contributed by atoms with Crippen LogP contribution in [0.2, 0.25) is 0 Å². The number of hydrogen-bond donors (Lipinski definition) is 2. The van der Waals surface area contributed by atoms with Crippen LogP contribution in [0.15, 0.2) is 12.2 Å². The van der Waals surface area contributed by atoms with Crippen LogP contribution in [0.25, 0.3) is 0 Å². The fraction of sp³-hybridized carbons (Fsp3) is 0.700. The average Bonchev–Trinajstić information content (AvgIpc) is 2.18. The zero-order chi connectivity index (χ0) is 10.8. The van der Waals surface area contributed by atoms with Crippen LogP contribution in [0, 0.1) is 0 Å². The van der Waals surface area contributed by atoms with Gasteiger partial charge in [-0.25, -0.2) is 0 Å². The summed E-state index contributed by atoms with van der Waals surface area (Å²) in [5.41, 5.74) is 0. The largest absolute Gasteiger partial charge is 0.395 e. The first-order valence-corrected chi connectivity index (χ1v) is 4.90. The molecule has 82 valence electrons. The maximum atomic E-state index is 11.5. The van der Waals surface area contributed by atoms with E-state index in [0.717, 1.165) is 6.42 Å². The highest BCUT2D eigenvalue weighted by atomic mass is 16.3. The Bertz CT molecular complexity index is 174. The summed E-state index contributed by atoms with van der Waals surface area (Å²) in [4.78, 5) is 12.9. The first kappa shape index (κ1) is 13.1. The van der Waals surface area contributed by atoms with E-state index in [2.05, 4.69) is 0 Å². The van der Waals surface area contributed by atoms with Crippen LogP contribution < -0.4 is 0 Å². The van der Waals surface area contributed by atoms with E-state index in [-0.39, 0.29) is 19.1 Å². The van der Waals surface area contributed by atoms with Gasteiger partial charge in [-0.15, -0.1) is 0 Å². The molecule has 4 nitrogen and oxygen atoms in total. The number of nitrogens with zero attached hydrogens (tertiary/aromatic N) is 1. The molecule has 0 unspecified atom stereocenters. The number of amides is 1. The standard InChI is InChI=1S/C10H19NO3/c1-2-3-4-5-10(14)11(6-8-12)7-9-13/h3-4,12-13H,2,5-9H2,1H3/b4-3-. The first-order chi connectivity index (χ1) is 6.76. The van der Waals surface area contributed by atoms with Gasteiger partial charge >= 0.3 is 0 Å². The third-order valence-electron chi connectivity index (χ3n) is 1.79. The lowest BCUT2D eigenvalue weighted by Gasteiger charge is -2.19. The minimum Gasteiger partial charge on any atom is -0.395 e. The number of hydrogen-bond acceptors (Lipinski definition) is 3. The summed E-state index contributed by atoms with van der Waals surface area (Å²) < 4.78 is 0. The highest BCUT2D eigenvalue weighted by Crippen LogP contribution is 1.96. The van der Waals surface area contributed by atoms with Gasteiger partial charge in [-0.3, -0.25) is 4.79 Å². The van der Waals surface area contributed by atoms with Crippen molar-refractivity contribution in [3.8, 4) is 0 Å². The van der Waals surface area contributed by atoms with Crippen LogP contribution in [0.3, 0.4) is 0 Å². The predicted octanol–water partition coefficient (Wildman–Crippen LogP) is 0.156. The molecule has 0 aliphatic carbocycles. The maximum Gasteiger partial charge on any atom is 0.226 e. The quantitative estimate of drug-likeness (QED) is 0.577. The monoisotopic (exact) mass is 201 g/mol. The molecule has 4 heteroatoms. The third kappa shape index (κ3) is 5.72. The molecule has 0 saturated carbocycles. The molecule has 0 aromatic heterocycles. The Kier molecular flexibility index (Phi) is 8.17. The lowest BCUT2D eigenvalue weighted by Crippen LogP contribution is -2.35. The number of aliphatic hydroxyl groups is 2. The van der Waals surface area contributed by atoms with E-state index in [9.17, 15) is 4.79 Å². The Morgan fingerprint density at radius 3 is 2.21 bits per heavy atom.